The van der Waals surface area contributed by atoms with Crippen LogP contribution in [-0.4, -0.2) is 35.9 Å². The molecule has 0 aliphatic carbocycles. The highest BCUT2D eigenvalue weighted by atomic mass is 19.1. The Balaban J connectivity index is 2.09. The average molecular weight is 443 g/mol. The van der Waals surface area contributed by atoms with Gasteiger partial charge in [-0.1, -0.05) is 58.4 Å². The van der Waals surface area contributed by atoms with E-state index in [4.69, 9.17) is 4.74 Å². The minimum atomic E-state index is -0.684. The van der Waals surface area contributed by atoms with Crippen LogP contribution in [0.3, 0.4) is 0 Å². The van der Waals surface area contributed by atoms with Crippen molar-refractivity contribution in [1.29, 1.82) is 0 Å². The first-order valence-electron chi connectivity index (χ1n) is 11.2. The molecule has 6 heteroatoms. The van der Waals surface area contributed by atoms with Gasteiger partial charge in [0.2, 0.25) is 5.91 Å². The summed E-state index contributed by atoms with van der Waals surface area (Å²) in [4.78, 5) is 27.1. The Hall–Kier alpha value is -2.89. The molecule has 0 fully saturated rings. The predicted octanol–water partition coefficient (Wildman–Crippen LogP) is 4.84. The maximum absolute atomic E-state index is 13.3. The van der Waals surface area contributed by atoms with Crippen LogP contribution in [0.2, 0.25) is 0 Å². The van der Waals surface area contributed by atoms with Crippen molar-refractivity contribution in [3.63, 3.8) is 0 Å². The zero-order chi connectivity index (χ0) is 23.7. The van der Waals surface area contributed by atoms with E-state index in [1.165, 1.54) is 22.6 Å². The molecule has 32 heavy (non-hydrogen) atoms. The monoisotopic (exact) mass is 442 g/mol. The largest absolute Gasteiger partial charge is 0.484 e. The Kier molecular flexibility index (Phi) is 9.24. The molecule has 0 saturated carbocycles. The second kappa shape index (κ2) is 11.7. The number of nitrogens with one attached hydrogen (secondary N) is 1. The Bertz CT molecular complexity index is 873. The van der Waals surface area contributed by atoms with E-state index in [0.29, 0.717) is 12.3 Å². The third-order valence-corrected chi connectivity index (χ3v) is 5.35. The van der Waals surface area contributed by atoms with E-state index >= 15 is 0 Å². The third-order valence-electron chi connectivity index (χ3n) is 5.35. The van der Waals surface area contributed by atoms with Gasteiger partial charge in [-0.25, -0.2) is 4.39 Å². The van der Waals surface area contributed by atoms with E-state index in [1.54, 1.807) is 19.1 Å². The maximum atomic E-state index is 13.3. The summed E-state index contributed by atoms with van der Waals surface area (Å²) in [7, 11) is 0. The van der Waals surface area contributed by atoms with Gasteiger partial charge in [0, 0.05) is 13.1 Å². The molecule has 0 bridgehead atoms. The molecule has 0 radical (unpaired) electrons. The lowest BCUT2D eigenvalue weighted by Crippen LogP contribution is -2.49. The minimum absolute atomic E-state index is 0.0286. The zero-order valence-corrected chi connectivity index (χ0v) is 19.8. The summed E-state index contributed by atoms with van der Waals surface area (Å²) in [5, 5.41) is 2.87. The highest BCUT2D eigenvalue weighted by Crippen LogP contribution is 2.24. The number of carbonyl (C=O) groups is 2. The summed E-state index contributed by atoms with van der Waals surface area (Å²) in [6.07, 6.45) is 1.84. The zero-order valence-electron chi connectivity index (χ0n) is 19.8. The van der Waals surface area contributed by atoms with Crippen LogP contribution in [0.15, 0.2) is 48.5 Å². The van der Waals surface area contributed by atoms with Gasteiger partial charge in [-0.15, -0.1) is 0 Å². The van der Waals surface area contributed by atoms with Crippen LogP contribution >= 0.6 is 0 Å². The third kappa shape index (κ3) is 7.66. The van der Waals surface area contributed by atoms with Crippen molar-refractivity contribution in [1.82, 2.24) is 10.2 Å². The number of benzene rings is 2. The Labute approximate surface area is 191 Å². The number of ether oxygens (including phenoxy) is 1. The lowest BCUT2D eigenvalue weighted by atomic mass is 9.87. The molecule has 5 nitrogen and oxygen atoms in total. The topological polar surface area (TPSA) is 58.6 Å². The van der Waals surface area contributed by atoms with Crippen LogP contribution in [0.4, 0.5) is 4.39 Å². The normalized spacial score (nSPS) is 12.2. The highest BCUT2D eigenvalue weighted by Gasteiger charge is 2.26. The summed E-state index contributed by atoms with van der Waals surface area (Å²) in [5.41, 5.74) is 1.94. The van der Waals surface area contributed by atoms with Gasteiger partial charge in [-0.2, -0.15) is 0 Å². The van der Waals surface area contributed by atoms with E-state index < -0.39 is 6.04 Å². The first-order chi connectivity index (χ1) is 15.1. The molecule has 2 aromatic rings. The number of unbranched alkanes of at least 4 members (excludes halogenated alkanes) is 1. The maximum Gasteiger partial charge on any atom is 0.261 e. The molecule has 0 spiro atoms. The molecule has 0 heterocycles. The minimum Gasteiger partial charge on any atom is -0.484 e. The van der Waals surface area contributed by atoms with Gasteiger partial charge in [0.05, 0.1) is 0 Å². The van der Waals surface area contributed by atoms with Crippen molar-refractivity contribution in [2.75, 3.05) is 13.2 Å². The number of hydrogen-bond acceptors (Lipinski definition) is 3. The molecule has 2 amide bonds. The van der Waals surface area contributed by atoms with Gasteiger partial charge in [0.15, 0.2) is 6.61 Å². The number of hydrogen-bond donors (Lipinski definition) is 1. The second-order valence-corrected chi connectivity index (χ2v) is 9.03. The molecule has 0 aromatic heterocycles. The number of halogens is 1. The number of nitrogens with zero attached hydrogens (tertiary/aromatic N) is 1. The van der Waals surface area contributed by atoms with E-state index in [-0.39, 0.29) is 36.2 Å². The fourth-order valence-corrected chi connectivity index (χ4v) is 3.18. The molecule has 0 aliphatic rings. The van der Waals surface area contributed by atoms with Crippen LogP contribution in [-0.2, 0) is 21.5 Å². The fourth-order valence-electron chi connectivity index (χ4n) is 3.18. The van der Waals surface area contributed by atoms with E-state index in [0.717, 1.165) is 18.4 Å². The molecule has 1 N–H and O–H groups in total. The van der Waals surface area contributed by atoms with Gasteiger partial charge in [-0.3, -0.25) is 9.59 Å². The van der Waals surface area contributed by atoms with Crippen LogP contribution in [0.5, 0.6) is 5.75 Å². The highest BCUT2D eigenvalue weighted by molar-refractivity contribution is 5.87. The summed E-state index contributed by atoms with van der Waals surface area (Å²) >= 11 is 0. The SMILES string of the molecule is CCCCNC(=O)[C@H](C)N(Cc1ccc(F)cc1)C(=O)COc1ccc(C(C)(C)C)cc1. The van der Waals surface area contributed by atoms with Crippen molar-refractivity contribution >= 4 is 11.8 Å². The second-order valence-electron chi connectivity index (χ2n) is 9.03. The first-order valence-corrected chi connectivity index (χ1v) is 11.2. The molecule has 1 atom stereocenters. The van der Waals surface area contributed by atoms with E-state index in [2.05, 4.69) is 26.1 Å². The molecule has 174 valence electrons. The Morgan fingerprint density at radius 2 is 1.69 bits per heavy atom. The van der Waals surface area contributed by atoms with Gasteiger partial charge in [-0.05, 0) is 54.2 Å². The van der Waals surface area contributed by atoms with Gasteiger partial charge in [0.1, 0.15) is 17.6 Å². The van der Waals surface area contributed by atoms with Crippen molar-refractivity contribution in [3.8, 4) is 5.75 Å². The van der Waals surface area contributed by atoms with Crippen LogP contribution in [0, 0.1) is 5.82 Å². The van der Waals surface area contributed by atoms with E-state index in [1.807, 2.05) is 31.2 Å². The molecule has 0 saturated heterocycles. The van der Waals surface area contributed by atoms with Crippen LogP contribution in [0.1, 0.15) is 58.6 Å². The van der Waals surface area contributed by atoms with Crippen molar-refractivity contribution in [3.05, 3.63) is 65.5 Å². The molecule has 2 rings (SSSR count). The van der Waals surface area contributed by atoms with Gasteiger partial charge >= 0.3 is 0 Å². The summed E-state index contributed by atoms with van der Waals surface area (Å²) in [5.74, 6) is -0.289. The number of carbonyl (C=O) groups excluding carboxylic acids is 2. The summed E-state index contributed by atoms with van der Waals surface area (Å²) in [6.45, 7) is 10.7. The van der Waals surface area contributed by atoms with Crippen LogP contribution in [0.25, 0.3) is 0 Å². The molecular formula is C26H35FN2O3. The summed E-state index contributed by atoms with van der Waals surface area (Å²) < 4.78 is 19.0. The Morgan fingerprint density at radius 1 is 1.06 bits per heavy atom. The lowest BCUT2D eigenvalue weighted by molar-refractivity contribution is -0.142. The van der Waals surface area contributed by atoms with E-state index in [9.17, 15) is 14.0 Å². The average Bonchev–Trinajstić information content (AvgIpc) is 2.76. The van der Waals surface area contributed by atoms with Crippen LogP contribution < -0.4 is 10.1 Å². The Morgan fingerprint density at radius 3 is 2.25 bits per heavy atom. The fraction of sp³-hybridized carbons (Fsp3) is 0.462. The molecular weight excluding hydrogens is 407 g/mol. The van der Waals surface area contributed by atoms with Crippen molar-refractivity contribution < 1.29 is 18.7 Å². The molecule has 2 aromatic carbocycles. The van der Waals surface area contributed by atoms with Gasteiger partial charge < -0.3 is 15.0 Å². The van der Waals surface area contributed by atoms with Crippen molar-refractivity contribution in [2.45, 2.75) is 65.5 Å². The standard InChI is InChI=1S/C26H35FN2O3/c1-6-7-16-28-25(31)19(2)29(17-20-8-12-22(27)13-9-20)24(30)18-32-23-14-10-21(11-15-23)26(3,4)5/h8-15,19H,6-7,16-18H2,1-5H3,(H,28,31)/t19-/m0/s1. The molecule has 0 unspecified atom stereocenters. The lowest BCUT2D eigenvalue weighted by Gasteiger charge is -2.29. The number of rotatable bonds is 10. The van der Waals surface area contributed by atoms with Crippen molar-refractivity contribution in [2.24, 2.45) is 0 Å². The first kappa shape index (κ1) is 25.4. The molecule has 0 aliphatic heterocycles. The quantitative estimate of drug-likeness (QED) is 0.536. The van der Waals surface area contributed by atoms with Gasteiger partial charge in [0.25, 0.3) is 5.91 Å². The summed E-state index contributed by atoms with van der Waals surface area (Å²) in [6, 6.07) is 12.9. The smallest absolute Gasteiger partial charge is 0.261 e. The number of amides is 2. The predicted molar refractivity (Wildman–Crippen MR) is 125 cm³/mol.